The van der Waals surface area contributed by atoms with Crippen molar-refractivity contribution in [3.05, 3.63) is 82.5 Å². The average Bonchev–Trinajstić information content (AvgIpc) is 3.14. The summed E-state index contributed by atoms with van der Waals surface area (Å²) >= 11 is 14.8. The summed E-state index contributed by atoms with van der Waals surface area (Å²) in [5.41, 5.74) is 5.09. The molecule has 0 atom stereocenters. The third kappa shape index (κ3) is 4.99. The van der Waals surface area contributed by atoms with E-state index >= 15 is 0 Å². The first-order chi connectivity index (χ1) is 16.6. The molecule has 1 fully saturated rings. The van der Waals surface area contributed by atoms with E-state index in [1.165, 1.54) is 12.8 Å². The van der Waals surface area contributed by atoms with E-state index in [4.69, 9.17) is 23.2 Å². The number of amides is 1. The van der Waals surface area contributed by atoms with Gasteiger partial charge in [0.15, 0.2) is 0 Å². The van der Waals surface area contributed by atoms with E-state index in [1.807, 2.05) is 54.4 Å². The molecule has 0 radical (unpaired) electrons. The van der Waals surface area contributed by atoms with Crippen molar-refractivity contribution < 1.29 is 4.79 Å². The Kier molecular flexibility index (Phi) is 6.90. The Hall–Kier alpha value is -2.80. The van der Waals surface area contributed by atoms with Crippen molar-refractivity contribution in [2.75, 3.05) is 21.9 Å². The summed E-state index contributed by atoms with van der Waals surface area (Å²) in [6.07, 6.45) is 5.36. The van der Waals surface area contributed by atoms with Crippen molar-refractivity contribution in [3.63, 3.8) is 0 Å². The summed E-state index contributed by atoms with van der Waals surface area (Å²) in [5.74, 6) is 0.824. The molecule has 1 aliphatic rings. The second kappa shape index (κ2) is 10.2. The minimum Gasteiger partial charge on any atom is -0.322 e. The topological polar surface area (TPSA) is 58.1 Å². The highest BCUT2D eigenvalue weighted by molar-refractivity contribution is 8.00. The largest absolute Gasteiger partial charge is 0.322 e. The summed E-state index contributed by atoms with van der Waals surface area (Å²) < 4.78 is 2.26. The van der Waals surface area contributed by atoms with Gasteiger partial charge in [-0.15, -0.1) is 0 Å². The van der Waals surface area contributed by atoms with Crippen LogP contribution in [0.15, 0.2) is 66.9 Å². The van der Waals surface area contributed by atoms with E-state index in [2.05, 4.69) is 19.6 Å². The van der Waals surface area contributed by atoms with Gasteiger partial charge in [0, 0.05) is 35.4 Å². The molecule has 5 nitrogen and oxygen atoms in total. The van der Waals surface area contributed by atoms with Crippen molar-refractivity contribution in [1.29, 1.82) is 0 Å². The maximum Gasteiger partial charge on any atom is 0.257 e. The minimum absolute atomic E-state index is 0.274. The molecule has 4 aromatic rings. The van der Waals surface area contributed by atoms with Crippen LogP contribution in [0.25, 0.3) is 22.3 Å². The third-order valence-electron chi connectivity index (χ3n) is 5.69. The highest BCUT2D eigenvalue weighted by Crippen LogP contribution is 2.33. The lowest BCUT2D eigenvalue weighted by Gasteiger charge is -2.21. The normalized spacial score (nSPS) is 14.1. The van der Waals surface area contributed by atoms with Crippen LogP contribution in [0.2, 0.25) is 10.0 Å². The van der Waals surface area contributed by atoms with Crippen molar-refractivity contribution >= 4 is 63.5 Å². The summed E-state index contributed by atoms with van der Waals surface area (Å²) in [6.45, 7) is 0.985. The van der Waals surface area contributed by atoms with Gasteiger partial charge in [0.2, 0.25) is 0 Å². The number of fused-ring (bicyclic) bond motifs is 1. The molecule has 0 spiro atoms. The Bertz CT molecular complexity index is 1360. The van der Waals surface area contributed by atoms with Gasteiger partial charge in [-0.3, -0.25) is 9.78 Å². The Labute approximate surface area is 212 Å². The van der Waals surface area contributed by atoms with Crippen LogP contribution in [0.4, 0.5) is 11.4 Å². The fraction of sp³-hybridized carbons (Fsp3) is 0.192. The summed E-state index contributed by atoms with van der Waals surface area (Å²) in [6, 6.07) is 18.5. The molecule has 1 amide bonds. The standard InChI is InChI=1S/C26H22Cl2N4OS/c27-21-9-6-17(15-20(21)23-10-11-24-25(31-23)5-4-12-29-24)30-26(33)19-8-7-18(16-22(19)28)32-13-2-1-3-14-34-32/h4-12,15-16H,1-3,13-14H2,(H,30,33). The van der Waals surface area contributed by atoms with Gasteiger partial charge in [0.05, 0.1) is 32.3 Å². The summed E-state index contributed by atoms with van der Waals surface area (Å²) in [5, 5.41) is 3.92. The van der Waals surface area contributed by atoms with Crippen molar-refractivity contribution in [2.45, 2.75) is 19.3 Å². The summed E-state index contributed by atoms with van der Waals surface area (Å²) in [4.78, 5) is 22.0. The molecule has 1 N–H and O–H groups in total. The fourth-order valence-electron chi connectivity index (χ4n) is 3.93. The molecule has 2 aromatic heterocycles. The van der Waals surface area contributed by atoms with Crippen molar-refractivity contribution in [3.8, 4) is 11.3 Å². The van der Waals surface area contributed by atoms with E-state index in [1.54, 1.807) is 24.4 Å². The van der Waals surface area contributed by atoms with E-state index in [0.717, 1.165) is 41.0 Å². The van der Waals surface area contributed by atoms with Crippen LogP contribution < -0.4 is 9.62 Å². The number of rotatable bonds is 4. The van der Waals surface area contributed by atoms with Gasteiger partial charge in [0.25, 0.3) is 5.91 Å². The zero-order valence-electron chi connectivity index (χ0n) is 18.3. The minimum atomic E-state index is -0.274. The molecule has 1 aliphatic heterocycles. The Morgan fingerprint density at radius 2 is 1.85 bits per heavy atom. The zero-order chi connectivity index (χ0) is 23.5. The second-order valence-electron chi connectivity index (χ2n) is 8.05. The molecular weight excluding hydrogens is 487 g/mol. The van der Waals surface area contributed by atoms with Crippen LogP contribution in [0, 0.1) is 0 Å². The van der Waals surface area contributed by atoms with Crippen LogP contribution in [-0.2, 0) is 0 Å². The first-order valence-corrected chi connectivity index (χ1v) is 12.8. The number of halogens is 2. The van der Waals surface area contributed by atoms with E-state index < -0.39 is 0 Å². The van der Waals surface area contributed by atoms with Gasteiger partial charge in [-0.2, -0.15) is 0 Å². The Morgan fingerprint density at radius 1 is 0.941 bits per heavy atom. The van der Waals surface area contributed by atoms with Gasteiger partial charge in [-0.05, 0) is 85.5 Å². The first kappa shape index (κ1) is 23.0. The number of hydrogen-bond donors (Lipinski definition) is 1. The monoisotopic (exact) mass is 508 g/mol. The molecule has 172 valence electrons. The number of aromatic nitrogens is 2. The maximum absolute atomic E-state index is 13.0. The van der Waals surface area contributed by atoms with Crippen molar-refractivity contribution in [2.24, 2.45) is 0 Å². The van der Waals surface area contributed by atoms with Gasteiger partial charge in [0.1, 0.15) is 0 Å². The molecule has 1 saturated heterocycles. The van der Waals surface area contributed by atoms with E-state index in [-0.39, 0.29) is 5.91 Å². The predicted molar refractivity (Wildman–Crippen MR) is 143 cm³/mol. The predicted octanol–water partition coefficient (Wildman–Crippen LogP) is 7.49. The lowest BCUT2D eigenvalue weighted by atomic mass is 10.1. The SMILES string of the molecule is O=C(Nc1ccc(Cl)c(-c2ccc3ncccc3n2)c1)c1ccc(N2CCCCCS2)cc1Cl. The molecule has 3 heterocycles. The quantitative estimate of drug-likeness (QED) is 0.289. The van der Waals surface area contributed by atoms with Gasteiger partial charge >= 0.3 is 0 Å². The molecule has 0 saturated carbocycles. The van der Waals surface area contributed by atoms with E-state index in [9.17, 15) is 4.79 Å². The van der Waals surface area contributed by atoms with Crippen LogP contribution in [-0.4, -0.2) is 28.2 Å². The highest BCUT2D eigenvalue weighted by Gasteiger charge is 2.16. The van der Waals surface area contributed by atoms with Gasteiger partial charge in [-0.1, -0.05) is 29.6 Å². The lowest BCUT2D eigenvalue weighted by molar-refractivity contribution is 0.102. The molecule has 8 heteroatoms. The number of hydrogen-bond acceptors (Lipinski definition) is 5. The fourth-order valence-corrected chi connectivity index (χ4v) is 5.47. The van der Waals surface area contributed by atoms with Gasteiger partial charge < -0.3 is 9.62 Å². The molecule has 5 rings (SSSR count). The number of benzene rings is 2. The Balaban J connectivity index is 1.37. The average molecular weight is 509 g/mol. The van der Waals surface area contributed by atoms with Crippen LogP contribution >= 0.6 is 35.1 Å². The number of carbonyl (C=O) groups excluding carboxylic acids is 1. The molecule has 0 unspecified atom stereocenters. The van der Waals surface area contributed by atoms with Crippen molar-refractivity contribution in [1.82, 2.24) is 9.97 Å². The number of carbonyl (C=O) groups is 1. The number of nitrogens with one attached hydrogen (secondary N) is 1. The van der Waals surface area contributed by atoms with Crippen LogP contribution in [0.3, 0.4) is 0 Å². The molecule has 34 heavy (non-hydrogen) atoms. The smallest absolute Gasteiger partial charge is 0.257 e. The van der Waals surface area contributed by atoms with Crippen LogP contribution in [0.5, 0.6) is 0 Å². The number of nitrogens with zero attached hydrogens (tertiary/aromatic N) is 3. The summed E-state index contributed by atoms with van der Waals surface area (Å²) in [7, 11) is 0. The number of anilines is 2. The third-order valence-corrected chi connectivity index (χ3v) is 7.51. The molecule has 0 bridgehead atoms. The van der Waals surface area contributed by atoms with Gasteiger partial charge in [-0.25, -0.2) is 4.98 Å². The molecule has 2 aromatic carbocycles. The molecule has 0 aliphatic carbocycles. The maximum atomic E-state index is 13.0. The highest BCUT2D eigenvalue weighted by atomic mass is 35.5. The zero-order valence-corrected chi connectivity index (χ0v) is 20.6. The second-order valence-corrected chi connectivity index (χ2v) is 9.97. The molecular formula is C26H22Cl2N4OS. The first-order valence-electron chi connectivity index (χ1n) is 11.1. The van der Waals surface area contributed by atoms with Crippen LogP contribution in [0.1, 0.15) is 29.6 Å². The number of pyridine rings is 2. The van der Waals surface area contributed by atoms with E-state index in [0.29, 0.717) is 27.0 Å². The lowest BCUT2D eigenvalue weighted by Crippen LogP contribution is -2.16. The Morgan fingerprint density at radius 3 is 2.74 bits per heavy atom.